The molecule has 7 rings (SSSR count). The Labute approximate surface area is 241 Å². The highest BCUT2D eigenvalue weighted by Crippen LogP contribution is 2.55. The first-order valence-electron chi connectivity index (χ1n) is 15.0. The minimum Gasteiger partial charge on any atom is -0.491 e. The van der Waals surface area contributed by atoms with Crippen LogP contribution in [-0.4, -0.2) is 43.5 Å². The van der Waals surface area contributed by atoms with Crippen molar-refractivity contribution in [2.45, 2.75) is 77.2 Å². The quantitative estimate of drug-likeness (QED) is 0.409. The fourth-order valence-corrected chi connectivity index (χ4v) is 7.91. The number of nitrogens with zero attached hydrogens (tertiary/aromatic N) is 3. The normalized spacial score (nSPS) is 25.9. The molecule has 4 fully saturated rings. The molecular weight excluding hydrogens is 518 g/mol. The van der Waals surface area contributed by atoms with Gasteiger partial charge < -0.3 is 19.5 Å². The maximum Gasteiger partial charge on any atom is 0.410 e. The number of fused-ring (bicyclic) bond motifs is 1. The molecule has 1 unspecified atom stereocenters. The Morgan fingerprint density at radius 1 is 0.951 bits per heavy atom. The van der Waals surface area contributed by atoms with E-state index in [1.54, 1.807) is 23.2 Å². The largest absolute Gasteiger partial charge is 0.491 e. The van der Waals surface area contributed by atoms with Crippen LogP contribution in [0.2, 0.25) is 0 Å². The number of ether oxygens (including phenoxy) is 2. The lowest BCUT2D eigenvalue weighted by Crippen LogP contribution is -2.57. The molecule has 1 heterocycles. The van der Waals surface area contributed by atoms with Gasteiger partial charge in [-0.1, -0.05) is 18.2 Å². The summed E-state index contributed by atoms with van der Waals surface area (Å²) in [4.78, 5) is 27.8. The highest BCUT2D eigenvalue weighted by Gasteiger charge is 2.51. The van der Waals surface area contributed by atoms with Gasteiger partial charge in [0.25, 0.3) is 0 Å². The Morgan fingerprint density at radius 3 is 2.17 bits per heavy atom. The van der Waals surface area contributed by atoms with Crippen molar-refractivity contribution in [1.29, 1.82) is 0 Å². The third kappa shape index (κ3) is 5.51. The number of aliphatic hydroxyl groups excluding tert-OH is 1. The van der Waals surface area contributed by atoms with Crippen molar-refractivity contribution in [1.82, 2.24) is 14.0 Å². The van der Waals surface area contributed by atoms with Gasteiger partial charge in [-0.2, -0.15) is 0 Å². The van der Waals surface area contributed by atoms with Crippen molar-refractivity contribution in [2.24, 2.45) is 37.8 Å². The van der Waals surface area contributed by atoms with Crippen molar-refractivity contribution in [3.05, 3.63) is 64.1 Å². The van der Waals surface area contributed by atoms with Gasteiger partial charge in [0.05, 0.1) is 11.0 Å². The number of hydrogen-bond donors (Lipinski definition) is 1. The molecule has 1 amide bonds. The zero-order valence-electron chi connectivity index (χ0n) is 24.9. The van der Waals surface area contributed by atoms with Gasteiger partial charge >= 0.3 is 11.8 Å². The molecule has 8 nitrogen and oxygen atoms in total. The van der Waals surface area contributed by atoms with E-state index >= 15 is 0 Å². The molecule has 3 aromatic rings. The average molecular weight is 562 g/mol. The predicted octanol–water partition coefficient (Wildman–Crippen LogP) is 5.55. The lowest BCUT2D eigenvalue weighted by atomic mass is 9.54. The van der Waals surface area contributed by atoms with E-state index in [0.29, 0.717) is 29.7 Å². The number of amides is 1. The Hall–Kier alpha value is -3.26. The molecule has 220 valence electrons. The lowest BCUT2D eigenvalue weighted by Gasteiger charge is -2.57. The zero-order chi connectivity index (χ0) is 29.1. The molecule has 2 aromatic carbocycles. The van der Waals surface area contributed by atoms with Crippen molar-refractivity contribution in [3.63, 3.8) is 0 Å². The first-order valence-corrected chi connectivity index (χ1v) is 15.0. The first-order chi connectivity index (χ1) is 19.5. The molecule has 0 radical (unpaired) electrons. The minimum absolute atomic E-state index is 0.0867. The Balaban J connectivity index is 1.13. The summed E-state index contributed by atoms with van der Waals surface area (Å²) in [7, 11) is 3.47. The van der Waals surface area contributed by atoms with Crippen LogP contribution < -0.4 is 10.4 Å². The Morgan fingerprint density at radius 2 is 1.56 bits per heavy atom. The van der Waals surface area contributed by atoms with Gasteiger partial charge in [0.2, 0.25) is 0 Å². The van der Waals surface area contributed by atoms with Crippen LogP contribution in [0.5, 0.6) is 5.75 Å². The van der Waals surface area contributed by atoms with Crippen LogP contribution in [0, 0.1) is 23.7 Å². The molecule has 4 aliphatic carbocycles. The second-order valence-corrected chi connectivity index (χ2v) is 13.6. The Kier molecular flexibility index (Phi) is 7.17. The van der Waals surface area contributed by atoms with E-state index in [1.807, 2.05) is 68.1 Å². The van der Waals surface area contributed by atoms with Crippen LogP contribution in [0.25, 0.3) is 11.0 Å². The zero-order valence-corrected chi connectivity index (χ0v) is 24.9. The number of carbonyl (C=O) groups is 1. The molecule has 4 saturated carbocycles. The molecule has 1 atom stereocenters. The third-order valence-electron chi connectivity index (χ3n) is 9.53. The summed E-state index contributed by atoms with van der Waals surface area (Å²) < 4.78 is 15.0. The van der Waals surface area contributed by atoms with E-state index in [4.69, 9.17) is 9.47 Å². The summed E-state index contributed by atoms with van der Waals surface area (Å²) in [5, 5.41) is 10.8. The second-order valence-electron chi connectivity index (χ2n) is 13.6. The summed E-state index contributed by atoms with van der Waals surface area (Å²) in [5.74, 6) is 3.46. The molecule has 1 N–H and O–H groups in total. The molecular formula is C33H43N3O5. The summed E-state index contributed by atoms with van der Waals surface area (Å²) in [5.41, 5.74) is 2.68. The van der Waals surface area contributed by atoms with Gasteiger partial charge in [0, 0.05) is 26.7 Å². The topological polar surface area (TPSA) is 85.9 Å². The van der Waals surface area contributed by atoms with Crippen LogP contribution in [-0.2, 0) is 25.4 Å². The first kappa shape index (κ1) is 27.9. The van der Waals surface area contributed by atoms with Gasteiger partial charge in [0.15, 0.2) is 0 Å². The monoisotopic (exact) mass is 561 g/mol. The lowest BCUT2D eigenvalue weighted by molar-refractivity contribution is -0.0730. The van der Waals surface area contributed by atoms with E-state index in [9.17, 15) is 14.7 Å². The number of aryl methyl sites for hydroxylation is 2. The summed E-state index contributed by atoms with van der Waals surface area (Å²) >= 11 is 0. The van der Waals surface area contributed by atoms with E-state index in [1.165, 1.54) is 32.1 Å². The fraction of sp³-hybridized carbons (Fsp3) is 0.576. The van der Waals surface area contributed by atoms with Gasteiger partial charge in [-0.05, 0) is 112 Å². The fourth-order valence-electron chi connectivity index (χ4n) is 7.91. The van der Waals surface area contributed by atoms with Crippen LogP contribution in [0.3, 0.4) is 0 Å². The van der Waals surface area contributed by atoms with Crippen LogP contribution in [0.4, 0.5) is 4.79 Å². The molecule has 1 aromatic heterocycles. The highest BCUT2D eigenvalue weighted by molar-refractivity contribution is 5.77. The number of benzene rings is 2. The highest BCUT2D eigenvalue weighted by atomic mass is 16.6. The van der Waals surface area contributed by atoms with Gasteiger partial charge in [0.1, 0.15) is 24.1 Å². The average Bonchev–Trinajstić information content (AvgIpc) is 3.13. The number of carbonyl (C=O) groups excluding carboxylic acids is 1. The number of rotatable bonds is 7. The van der Waals surface area contributed by atoms with E-state index < -0.39 is 11.7 Å². The number of hydrogen-bond acceptors (Lipinski definition) is 5. The van der Waals surface area contributed by atoms with Crippen molar-refractivity contribution in [2.75, 3.05) is 6.61 Å². The van der Waals surface area contributed by atoms with Crippen molar-refractivity contribution < 1.29 is 19.4 Å². The second kappa shape index (κ2) is 10.5. The SMILES string of the molecule is Cn1c(=O)n(C)c2cc(C(O)COc3ccc(CN(C(=O)OC(C)(C)C)C4C5CC6CC(C5)CC4C6)cc3)ccc21. The molecule has 41 heavy (non-hydrogen) atoms. The maximum absolute atomic E-state index is 13.5. The van der Waals surface area contributed by atoms with E-state index in [0.717, 1.165) is 28.4 Å². The van der Waals surface area contributed by atoms with Gasteiger partial charge in [-0.3, -0.25) is 9.13 Å². The summed E-state index contributed by atoms with van der Waals surface area (Å²) in [6.45, 7) is 6.39. The molecule has 4 bridgehead atoms. The molecule has 0 saturated heterocycles. The van der Waals surface area contributed by atoms with Crippen molar-refractivity contribution in [3.8, 4) is 5.75 Å². The molecule has 0 spiro atoms. The van der Waals surface area contributed by atoms with Crippen LogP contribution in [0.1, 0.15) is 70.1 Å². The third-order valence-corrected chi connectivity index (χ3v) is 9.53. The minimum atomic E-state index is -0.839. The van der Waals surface area contributed by atoms with Crippen LogP contribution in [0.15, 0.2) is 47.3 Å². The number of aliphatic hydroxyl groups is 1. The van der Waals surface area contributed by atoms with Crippen LogP contribution >= 0.6 is 0 Å². The summed E-state index contributed by atoms with van der Waals surface area (Å²) in [6.07, 6.45) is 5.27. The molecule has 0 aliphatic heterocycles. The summed E-state index contributed by atoms with van der Waals surface area (Å²) in [6, 6.07) is 13.6. The van der Waals surface area contributed by atoms with Gasteiger partial charge in [-0.15, -0.1) is 0 Å². The van der Waals surface area contributed by atoms with E-state index in [2.05, 4.69) is 0 Å². The maximum atomic E-state index is 13.5. The standard InChI is InChI=1S/C33H43N3O5/c1-33(2,3)41-32(39)36(30-24-13-21-12-22(15-24)16-25(30)14-21)18-20-6-9-26(10-7-20)40-19-29(37)23-8-11-27-28(17-23)35(5)31(38)34(27)4/h6-11,17,21-22,24-25,29-30,37H,12-16,18-19H2,1-5H3. The molecule has 4 aliphatic rings. The number of imidazole rings is 1. The smallest absolute Gasteiger partial charge is 0.410 e. The number of aromatic nitrogens is 2. The predicted molar refractivity (Wildman–Crippen MR) is 158 cm³/mol. The van der Waals surface area contributed by atoms with Gasteiger partial charge in [-0.25, -0.2) is 9.59 Å². The van der Waals surface area contributed by atoms with E-state index in [-0.39, 0.29) is 24.4 Å². The molecule has 8 heteroatoms. The van der Waals surface area contributed by atoms with Crippen molar-refractivity contribution >= 4 is 17.1 Å². The Bertz CT molecular complexity index is 1450.